The molecule has 0 radical (unpaired) electrons. The quantitative estimate of drug-likeness (QED) is 0.623. The minimum absolute atomic E-state index is 0. The van der Waals surface area contributed by atoms with Crippen molar-refractivity contribution < 1.29 is 0 Å². The summed E-state index contributed by atoms with van der Waals surface area (Å²) in [4.78, 5) is 4.73. The lowest BCUT2D eigenvalue weighted by Crippen LogP contribution is -2.54. The van der Waals surface area contributed by atoms with E-state index in [0.717, 1.165) is 18.9 Å². The van der Waals surface area contributed by atoms with Crippen LogP contribution in [0.2, 0.25) is 0 Å². The standard InChI is InChI=1S/C12H23N3.2ClH/c1-12(2,15-9-5-6-10-15)11(13)14-7-3-4-8-14;;/h13H,3-10H2,1-2H3;2*1H. The molecule has 17 heavy (non-hydrogen) atoms. The van der Waals surface area contributed by atoms with Gasteiger partial charge in [-0.1, -0.05) is 0 Å². The van der Waals surface area contributed by atoms with Crippen molar-refractivity contribution in [1.82, 2.24) is 9.80 Å². The second-order valence-electron chi connectivity index (χ2n) is 5.30. The highest BCUT2D eigenvalue weighted by molar-refractivity contribution is 5.88. The summed E-state index contributed by atoms with van der Waals surface area (Å²) < 4.78 is 0. The zero-order chi connectivity index (χ0) is 10.9. The maximum Gasteiger partial charge on any atom is 0.116 e. The molecular weight excluding hydrogens is 257 g/mol. The molecule has 0 aromatic heterocycles. The fourth-order valence-electron chi connectivity index (χ4n) is 2.75. The van der Waals surface area contributed by atoms with Crippen molar-refractivity contribution in [2.24, 2.45) is 0 Å². The predicted molar refractivity (Wildman–Crippen MR) is 77.9 cm³/mol. The smallest absolute Gasteiger partial charge is 0.116 e. The highest BCUT2D eigenvalue weighted by Gasteiger charge is 2.36. The molecule has 0 amide bonds. The maximum absolute atomic E-state index is 8.34. The average molecular weight is 282 g/mol. The van der Waals surface area contributed by atoms with E-state index in [1.54, 1.807) is 0 Å². The largest absolute Gasteiger partial charge is 0.359 e. The summed E-state index contributed by atoms with van der Waals surface area (Å²) in [6, 6.07) is 0. The van der Waals surface area contributed by atoms with Crippen LogP contribution >= 0.6 is 24.8 Å². The van der Waals surface area contributed by atoms with Gasteiger partial charge < -0.3 is 4.90 Å². The van der Waals surface area contributed by atoms with Crippen LogP contribution in [0.25, 0.3) is 0 Å². The molecule has 2 heterocycles. The van der Waals surface area contributed by atoms with Gasteiger partial charge in [-0.15, -0.1) is 24.8 Å². The minimum atomic E-state index is -0.0547. The number of rotatable bonds is 2. The molecule has 0 unspecified atom stereocenters. The molecule has 2 aliphatic rings. The summed E-state index contributed by atoms with van der Waals surface area (Å²) in [5, 5.41) is 8.34. The number of amidine groups is 1. The van der Waals surface area contributed by atoms with E-state index in [9.17, 15) is 0 Å². The fourth-order valence-corrected chi connectivity index (χ4v) is 2.75. The molecule has 2 rings (SSSR count). The molecule has 3 nitrogen and oxygen atoms in total. The van der Waals surface area contributed by atoms with Gasteiger partial charge in [0.25, 0.3) is 0 Å². The number of nitrogens with one attached hydrogen (secondary N) is 1. The molecule has 0 aromatic carbocycles. The van der Waals surface area contributed by atoms with Crippen molar-refractivity contribution in [1.29, 1.82) is 5.41 Å². The van der Waals surface area contributed by atoms with E-state index in [2.05, 4.69) is 23.6 Å². The first kappa shape index (κ1) is 17.0. The SMILES string of the molecule is CC(C)(C(=N)N1CCCC1)N1CCCC1.Cl.Cl. The Labute approximate surface area is 117 Å². The lowest BCUT2D eigenvalue weighted by Gasteiger charge is -2.39. The number of hydrogen-bond acceptors (Lipinski definition) is 2. The molecule has 0 atom stereocenters. The average Bonchev–Trinajstić information content (AvgIpc) is 2.89. The van der Waals surface area contributed by atoms with Gasteiger partial charge in [-0.25, -0.2) is 0 Å². The molecule has 0 bridgehead atoms. The Morgan fingerprint density at radius 1 is 0.882 bits per heavy atom. The predicted octanol–water partition coefficient (Wildman–Crippen LogP) is 2.78. The summed E-state index contributed by atoms with van der Waals surface area (Å²) in [6.07, 6.45) is 5.13. The molecule has 2 saturated heterocycles. The van der Waals surface area contributed by atoms with E-state index in [1.807, 2.05) is 0 Å². The maximum atomic E-state index is 8.34. The summed E-state index contributed by atoms with van der Waals surface area (Å²) in [6.45, 7) is 8.94. The molecule has 0 aromatic rings. The highest BCUT2D eigenvalue weighted by Crippen LogP contribution is 2.25. The molecule has 0 saturated carbocycles. The van der Waals surface area contributed by atoms with Crippen LogP contribution in [0.1, 0.15) is 39.5 Å². The molecule has 2 aliphatic heterocycles. The van der Waals surface area contributed by atoms with E-state index in [0.29, 0.717) is 0 Å². The van der Waals surface area contributed by atoms with Crippen LogP contribution in [0, 0.1) is 5.41 Å². The third-order valence-electron chi connectivity index (χ3n) is 3.90. The van der Waals surface area contributed by atoms with E-state index in [1.165, 1.54) is 38.8 Å². The first-order chi connectivity index (χ1) is 7.12. The van der Waals surface area contributed by atoms with E-state index < -0.39 is 0 Å². The Bertz CT molecular complexity index is 244. The van der Waals surface area contributed by atoms with Gasteiger partial charge >= 0.3 is 0 Å². The normalized spacial score (nSPS) is 20.9. The molecule has 5 heteroatoms. The van der Waals surface area contributed by atoms with Crippen molar-refractivity contribution in [2.75, 3.05) is 26.2 Å². The van der Waals surface area contributed by atoms with Crippen molar-refractivity contribution in [2.45, 2.75) is 45.1 Å². The van der Waals surface area contributed by atoms with Crippen molar-refractivity contribution in [3.8, 4) is 0 Å². The van der Waals surface area contributed by atoms with Gasteiger partial charge in [0.1, 0.15) is 5.84 Å². The molecule has 1 N–H and O–H groups in total. The number of nitrogens with zero attached hydrogens (tertiary/aromatic N) is 2. The lowest BCUT2D eigenvalue weighted by atomic mass is 10.0. The van der Waals surface area contributed by atoms with Crippen LogP contribution in [0.4, 0.5) is 0 Å². The minimum Gasteiger partial charge on any atom is -0.359 e. The number of hydrogen-bond donors (Lipinski definition) is 1. The fraction of sp³-hybridized carbons (Fsp3) is 0.917. The second kappa shape index (κ2) is 6.81. The Balaban J connectivity index is 0.00000128. The zero-order valence-corrected chi connectivity index (χ0v) is 12.5. The van der Waals surface area contributed by atoms with Gasteiger partial charge in [0, 0.05) is 13.1 Å². The van der Waals surface area contributed by atoms with Gasteiger partial charge in [0.05, 0.1) is 5.54 Å². The van der Waals surface area contributed by atoms with E-state index in [4.69, 9.17) is 5.41 Å². The molecule has 2 fully saturated rings. The highest BCUT2D eigenvalue weighted by atomic mass is 35.5. The number of halogens is 2. The molecule has 102 valence electrons. The Kier molecular flexibility index (Phi) is 6.82. The van der Waals surface area contributed by atoms with Crippen LogP contribution < -0.4 is 0 Å². The van der Waals surface area contributed by atoms with Crippen molar-refractivity contribution in [3.05, 3.63) is 0 Å². The summed E-state index contributed by atoms with van der Waals surface area (Å²) in [5.41, 5.74) is -0.0547. The van der Waals surface area contributed by atoms with E-state index >= 15 is 0 Å². The summed E-state index contributed by atoms with van der Waals surface area (Å²) in [7, 11) is 0. The van der Waals surface area contributed by atoms with Crippen molar-refractivity contribution >= 4 is 30.6 Å². The van der Waals surface area contributed by atoms with Gasteiger partial charge in [-0.3, -0.25) is 10.3 Å². The van der Waals surface area contributed by atoms with Crippen LogP contribution in [0.5, 0.6) is 0 Å². The summed E-state index contributed by atoms with van der Waals surface area (Å²) >= 11 is 0. The molecule has 0 aliphatic carbocycles. The Morgan fingerprint density at radius 3 is 1.76 bits per heavy atom. The Hall–Kier alpha value is 0.01000. The molecular formula is C12H25Cl2N3. The summed E-state index contributed by atoms with van der Waals surface area (Å²) in [5.74, 6) is 0.835. The van der Waals surface area contributed by atoms with Crippen LogP contribution in [0.15, 0.2) is 0 Å². The molecule has 0 spiro atoms. The second-order valence-corrected chi connectivity index (χ2v) is 5.30. The monoisotopic (exact) mass is 281 g/mol. The third-order valence-corrected chi connectivity index (χ3v) is 3.90. The first-order valence-electron chi connectivity index (χ1n) is 6.21. The first-order valence-corrected chi connectivity index (χ1v) is 6.21. The lowest BCUT2D eigenvalue weighted by molar-refractivity contribution is 0.204. The van der Waals surface area contributed by atoms with Gasteiger partial charge in [0.15, 0.2) is 0 Å². The topological polar surface area (TPSA) is 30.3 Å². The number of likely N-dealkylation sites (tertiary alicyclic amines) is 2. The van der Waals surface area contributed by atoms with E-state index in [-0.39, 0.29) is 30.4 Å². The third kappa shape index (κ3) is 3.49. The van der Waals surface area contributed by atoms with Crippen LogP contribution in [-0.2, 0) is 0 Å². The Morgan fingerprint density at radius 2 is 1.29 bits per heavy atom. The van der Waals surface area contributed by atoms with Gasteiger partial charge in [-0.05, 0) is 52.6 Å². The zero-order valence-electron chi connectivity index (χ0n) is 10.9. The van der Waals surface area contributed by atoms with Crippen molar-refractivity contribution in [3.63, 3.8) is 0 Å². The van der Waals surface area contributed by atoms with Crippen LogP contribution in [0.3, 0.4) is 0 Å². The van der Waals surface area contributed by atoms with Gasteiger partial charge in [-0.2, -0.15) is 0 Å². The van der Waals surface area contributed by atoms with Crippen LogP contribution in [-0.4, -0.2) is 47.4 Å². The van der Waals surface area contributed by atoms with Gasteiger partial charge in [0.2, 0.25) is 0 Å².